The van der Waals surface area contributed by atoms with Gasteiger partial charge in [0.05, 0.1) is 19.7 Å². The zero-order valence-corrected chi connectivity index (χ0v) is 18.8. The second-order valence-electron chi connectivity index (χ2n) is 8.18. The van der Waals surface area contributed by atoms with E-state index in [4.69, 9.17) is 9.15 Å². The number of phenolic OH excluding ortho intramolecular Hbond substituents is 3. The summed E-state index contributed by atoms with van der Waals surface area (Å²) in [5.74, 6) is -3.69. The Labute approximate surface area is 194 Å². The van der Waals surface area contributed by atoms with E-state index in [9.17, 15) is 24.9 Å². The van der Waals surface area contributed by atoms with Crippen LogP contribution in [0, 0.1) is 0 Å². The Morgan fingerprint density at radius 1 is 1.12 bits per heavy atom. The number of aromatic hydroxyl groups is 3. The van der Waals surface area contributed by atoms with Crippen LogP contribution >= 0.6 is 0 Å². The molecule has 0 amide bonds. The van der Waals surface area contributed by atoms with Crippen LogP contribution in [0.25, 0.3) is 22.3 Å². The molecule has 0 radical (unpaired) electrons. The highest BCUT2D eigenvalue weighted by Gasteiger charge is 2.32. The fraction of sp³-hybridized carbons (Fsp3) is 0.240. The smallest absolute Gasteiger partial charge is 0.306 e. The Morgan fingerprint density at radius 3 is 2.44 bits per heavy atom. The quantitative estimate of drug-likeness (QED) is 0.287. The number of rotatable bonds is 6. The first-order valence-corrected chi connectivity index (χ1v) is 10.6. The molecule has 9 nitrogen and oxygen atoms in total. The van der Waals surface area contributed by atoms with Crippen molar-refractivity contribution >= 4 is 16.9 Å². The number of methoxy groups -OCH3 is 1. The van der Waals surface area contributed by atoms with Crippen LogP contribution in [0.3, 0.4) is 0 Å². The van der Waals surface area contributed by atoms with Crippen LogP contribution in [-0.2, 0) is 9.53 Å². The van der Waals surface area contributed by atoms with Gasteiger partial charge >= 0.3 is 5.97 Å². The molecular weight excluding hydrogens is 440 g/mol. The van der Waals surface area contributed by atoms with Gasteiger partial charge < -0.3 is 24.5 Å². The number of nitrogens with zero attached hydrogens (tertiary/aromatic N) is 2. The first-order valence-electron chi connectivity index (χ1n) is 10.6. The number of benzene rings is 2. The van der Waals surface area contributed by atoms with Crippen molar-refractivity contribution in [1.29, 1.82) is 0 Å². The van der Waals surface area contributed by atoms with Gasteiger partial charge in [0.1, 0.15) is 16.7 Å². The van der Waals surface area contributed by atoms with Crippen LogP contribution in [0.15, 0.2) is 58.0 Å². The average molecular weight is 464 g/mol. The highest BCUT2D eigenvalue weighted by molar-refractivity contribution is 5.93. The summed E-state index contributed by atoms with van der Waals surface area (Å²) in [5, 5.41) is 35.9. The molecule has 0 fully saturated rings. The van der Waals surface area contributed by atoms with Crippen molar-refractivity contribution < 1.29 is 29.3 Å². The van der Waals surface area contributed by atoms with Gasteiger partial charge in [0.15, 0.2) is 16.9 Å². The summed E-state index contributed by atoms with van der Waals surface area (Å²) in [4.78, 5) is 25.3. The lowest BCUT2D eigenvalue weighted by Gasteiger charge is -2.19. The number of carbonyl (C=O) groups is 1. The fourth-order valence-electron chi connectivity index (χ4n) is 3.89. The molecular formula is C25H24N2O7. The molecule has 176 valence electrons. The van der Waals surface area contributed by atoms with Gasteiger partial charge in [0, 0.05) is 35.3 Å². The van der Waals surface area contributed by atoms with Gasteiger partial charge in [-0.25, -0.2) is 0 Å². The van der Waals surface area contributed by atoms with E-state index in [0.29, 0.717) is 11.1 Å². The third-order valence-electron chi connectivity index (χ3n) is 5.69. The minimum atomic E-state index is -0.900. The van der Waals surface area contributed by atoms with E-state index in [1.54, 1.807) is 35.1 Å². The number of hydrogen-bond donors (Lipinski definition) is 3. The third kappa shape index (κ3) is 3.96. The third-order valence-corrected chi connectivity index (χ3v) is 5.69. The molecule has 2 heterocycles. The molecule has 0 aliphatic heterocycles. The van der Waals surface area contributed by atoms with Crippen molar-refractivity contribution in [3.63, 3.8) is 0 Å². The lowest BCUT2D eigenvalue weighted by atomic mass is 9.87. The zero-order chi connectivity index (χ0) is 24.6. The second kappa shape index (κ2) is 8.93. The van der Waals surface area contributed by atoms with E-state index >= 15 is 0 Å². The molecule has 0 unspecified atom stereocenters. The van der Waals surface area contributed by atoms with Gasteiger partial charge in [-0.1, -0.05) is 30.3 Å². The summed E-state index contributed by atoms with van der Waals surface area (Å²) in [6.07, 6.45) is 2.99. The predicted molar refractivity (Wildman–Crippen MR) is 124 cm³/mol. The van der Waals surface area contributed by atoms with Gasteiger partial charge in [-0.05, 0) is 19.4 Å². The molecule has 0 aliphatic rings. The summed E-state index contributed by atoms with van der Waals surface area (Å²) >= 11 is 0. The maximum Gasteiger partial charge on any atom is 0.306 e. The topological polar surface area (TPSA) is 135 Å². The van der Waals surface area contributed by atoms with Crippen molar-refractivity contribution in [2.24, 2.45) is 0 Å². The number of aromatic nitrogens is 2. The van der Waals surface area contributed by atoms with Crippen LogP contribution in [0.4, 0.5) is 0 Å². The maximum absolute atomic E-state index is 13.0. The standard InChI is InChI=1S/C25H24N2O7/c1-13(2)27-12-15(11-26-27)16(9-19(29)33-3)20-22(30)24(32)23(31)21-17(28)10-18(34-25(20)21)14-7-5-4-6-8-14/h4-8,10-13,16,30-32H,9H2,1-3H3/t16-/m1/s1. The zero-order valence-electron chi connectivity index (χ0n) is 18.8. The van der Waals surface area contributed by atoms with Crippen LogP contribution in [0.5, 0.6) is 17.2 Å². The van der Waals surface area contributed by atoms with E-state index in [0.717, 1.165) is 0 Å². The van der Waals surface area contributed by atoms with E-state index in [1.807, 2.05) is 19.9 Å². The largest absolute Gasteiger partial charge is 0.504 e. The number of hydrogen-bond acceptors (Lipinski definition) is 8. The summed E-state index contributed by atoms with van der Waals surface area (Å²) in [6, 6.07) is 10.0. The molecule has 2 aromatic carbocycles. The summed E-state index contributed by atoms with van der Waals surface area (Å²) in [6.45, 7) is 3.85. The Kier molecular flexibility index (Phi) is 6.02. The monoisotopic (exact) mass is 464 g/mol. The summed E-state index contributed by atoms with van der Waals surface area (Å²) < 4.78 is 12.6. The molecule has 34 heavy (non-hydrogen) atoms. The van der Waals surface area contributed by atoms with Gasteiger partial charge in [-0.15, -0.1) is 0 Å². The molecule has 0 saturated heterocycles. The van der Waals surface area contributed by atoms with E-state index in [2.05, 4.69) is 5.10 Å². The van der Waals surface area contributed by atoms with Gasteiger partial charge in [0.25, 0.3) is 0 Å². The Morgan fingerprint density at radius 2 is 1.82 bits per heavy atom. The molecule has 2 aromatic heterocycles. The van der Waals surface area contributed by atoms with Crippen molar-refractivity contribution in [3.05, 3.63) is 70.1 Å². The minimum absolute atomic E-state index is 0.0219. The van der Waals surface area contributed by atoms with Crippen LogP contribution < -0.4 is 5.43 Å². The van der Waals surface area contributed by atoms with Crippen LogP contribution in [0.1, 0.15) is 43.4 Å². The Hall–Kier alpha value is -4.27. The fourth-order valence-corrected chi connectivity index (χ4v) is 3.89. The lowest BCUT2D eigenvalue weighted by Crippen LogP contribution is -2.12. The number of carbonyl (C=O) groups excluding carboxylic acids is 1. The van der Waals surface area contributed by atoms with Crippen molar-refractivity contribution in [1.82, 2.24) is 9.78 Å². The lowest BCUT2D eigenvalue weighted by molar-refractivity contribution is -0.140. The number of fused-ring (bicyclic) bond motifs is 1. The molecule has 9 heteroatoms. The maximum atomic E-state index is 13.0. The van der Waals surface area contributed by atoms with Gasteiger partial charge in [-0.2, -0.15) is 5.10 Å². The Bertz CT molecular complexity index is 1420. The van der Waals surface area contributed by atoms with E-state index < -0.39 is 34.6 Å². The average Bonchev–Trinajstić information content (AvgIpc) is 3.32. The molecule has 4 aromatic rings. The molecule has 1 atom stereocenters. The SMILES string of the molecule is COC(=O)C[C@H](c1cnn(C(C)C)c1)c1c(O)c(O)c(O)c2c(=O)cc(-c3ccccc3)oc12. The van der Waals surface area contributed by atoms with Crippen molar-refractivity contribution in [3.8, 4) is 28.6 Å². The summed E-state index contributed by atoms with van der Waals surface area (Å²) in [7, 11) is 1.23. The number of ether oxygens (including phenoxy) is 1. The molecule has 0 aliphatic carbocycles. The molecule has 0 spiro atoms. The second-order valence-corrected chi connectivity index (χ2v) is 8.18. The highest BCUT2D eigenvalue weighted by Crippen LogP contribution is 2.49. The predicted octanol–water partition coefficient (Wildman–Crippen LogP) is 4.05. The van der Waals surface area contributed by atoms with Crippen molar-refractivity contribution in [2.75, 3.05) is 7.11 Å². The van der Waals surface area contributed by atoms with Crippen LogP contribution in [0.2, 0.25) is 0 Å². The first kappa shape index (κ1) is 22.9. The highest BCUT2D eigenvalue weighted by atomic mass is 16.5. The Balaban J connectivity index is 2.06. The van der Waals surface area contributed by atoms with Gasteiger partial charge in [-0.3, -0.25) is 14.3 Å². The first-order chi connectivity index (χ1) is 16.2. The molecule has 0 bridgehead atoms. The van der Waals surface area contributed by atoms with Crippen LogP contribution in [-0.4, -0.2) is 38.2 Å². The molecule has 4 rings (SSSR count). The van der Waals surface area contributed by atoms with E-state index in [1.165, 1.54) is 19.4 Å². The summed E-state index contributed by atoms with van der Waals surface area (Å²) in [5.41, 5.74) is 0.313. The van der Waals surface area contributed by atoms with E-state index in [-0.39, 0.29) is 34.8 Å². The van der Waals surface area contributed by atoms with Gasteiger partial charge in [0.2, 0.25) is 5.75 Å². The number of esters is 1. The molecule has 3 N–H and O–H groups in total. The minimum Gasteiger partial charge on any atom is -0.504 e. The van der Waals surface area contributed by atoms with Crippen molar-refractivity contribution in [2.45, 2.75) is 32.2 Å². The normalized spacial score (nSPS) is 12.2. The molecule has 0 saturated carbocycles. The number of phenols is 3.